The molecule has 160 valence electrons. The molecule has 1 fully saturated rings. The number of ether oxygens (including phenoxy) is 1. The summed E-state index contributed by atoms with van der Waals surface area (Å²) in [5.74, 6) is -0.481. The van der Waals surface area contributed by atoms with Gasteiger partial charge in [-0.25, -0.2) is 4.79 Å². The predicted molar refractivity (Wildman–Crippen MR) is 117 cm³/mol. The van der Waals surface area contributed by atoms with Crippen LogP contribution in [0.15, 0.2) is 44.9 Å². The normalized spacial score (nSPS) is 16.5. The number of nitrogens with zero attached hydrogens (tertiary/aromatic N) is 1. The summed E-state index contributed by atoms with van der Waals surface area (Å²) in [5, 5.41) is 2.73. The van der Waals surface area contributed by atoms with Gasteiger partial charge in [-0.2, -0.15) is 0 Å². The van der Waals surface area contributed by atoms with E-state index in [1.165, 1.54) is 28.5 Å². The number of likely N-dealkylation sites (tertiary alicyclic amines) is 1. The number of hydrogen-bond acceptors (Lipinski definition) is 6. The maximum atomic E-state index is 12.7. The molecule has 0 radical (unpaired) electrons. The van der Waals surface area contributed by atoms with Crippen molar-refractivity contribution in [2.24, 2.45) is 5.92 Å². The average molecular weight is 438 g/mol. The molecule has 7 heteroatoms. The molecule has 0 N–H and O–H groups in total. The Morgan fingerprint density at radius 2 is 1.90 bits per heavy atom. The van der Waals surface area contributed by atoms with Crippen molar-refractivity contribution in [3.05, 3.63) is 67.7 Å². The third kappa shape index (κ3) is 4.02. The van der Waals surface area contributed by atoms with Gasteiger partial charge in [-0.3, -0.25) is 9.59 Å². The Labute approximate surface area is 183 Å². The second-order valence-electron chi connectivity index (χ2n) is 8.21. The summed E-state index contributed by atoms with van der Waals surface area (Å²) in [6.07, 6.45) is 4.30. The molecule has 1 aliphatic carbocycles. The summed E-state index contributed by atoms with van der Waals surface area (Å²) in [6.45, 7) is 1.13. The van der Waals surface area contributed by atoms with Crippen LogP contribution in [0, 0.1) is 5.92 Å². The molecule has 6 nitrogen and oxygen atoms in total. The third-order valence-electron chi connectivity index (χ3n) is 6.26. The lowest BCUT2D eigenvalue weighted by Gasteiger charge is -2.30. The van der Waals surface area contributed by atoms with Crippen LogP contribution >= 0.6 is 11.3 Å². The first-order valence-electron chi connectivity index (χ1n) is 10.7. The zero-order valence-corrected chi connectivity index (χ0v) is 17.9. The van der Waals surface area contributed by atoms with Gasteiger partial charge in [-0.05, 0) is 66.8 Å². The van der Waals surface area contributed by atoms with Gasteiger partial charge in [0.2, 0.25) is 0 Å². The van der Waals surface area contributed by atoms with Gasteiger partial charge >= 0.3 is 11.6 Å². The molecule has 2 aliphatic rings. The Morgan fingerprint density at radius 1 is 1.13 bits per heavy atom. The molecule has 1 aliphatic heterocycles. The molecular formula is C24H23NO5S. The monoisotopic (exact) mass is 437 g/mol. The van der Waals surface area contributed by atoms with Crippen molar-refractivity contribution >= 4 is 34.2 Å². The van der Waals surface area contributed by atoms with Crippen LogP contribution in [0.3, 0.4) is 0 Å². The quantitative estimate of drug-likeness (QED) is 0.456. The van der Waals surface area contributed by atoms with Gasteiger partial charge in [0.05, 0.1) is 10.8 Å². The highest BCUT2D eigenvalue weighted by molar-refractivity contribution is 7.12. The van der Waals surface area contributed by atoms with Gasteiger partial charge in [-0.15, -0.1) is 11.3 Å². The van der Waals surface area contributed by atoms with Crippen molar-refractivity contribution < 1.29 is 18.7 Å². The second kappa shape index (κ2) is 8.30. The molecule has 1 saturated heterocycles. The maximum absolute atomic E-state index is 12.7. The zero-order valence-electron chi connectivity index (χ0n) is 17.1. The van der Waals surface area contributed by atoms with E-state index in [4.69, 9.17) is 9.15 Å². The number of amides is 1. The molecule has 31 heavy (non-hydrogen) atoms. The van der Waals surface area contributed by atoms with E-state index in [2.05, 4.69) is 6.07 Å². The molecule has 2 aromatic heterocycles. The Morgan fingerprint density at radius 3 is 2.65 bits per heavy atom. The number of rotatable bonds is 4. The first-order valence-corrected chi connectivity index (χ1v) is 11.5. The van der Waals surface area contributed by atoms with Crippen LogP contribution < -0.4 is 5.63 Å². The van der Waals surface area contributed by atoms with E-state index in [1.54, 1.807) is 4.90 Å². The van der Waals surface area contributed by atoms with Gasteiger partial charge < -0.3 is 14.1 Å². The van der Waals surface area contributed by atoms with Gasteiger partial charge in [0.1, 0.15) is 12.2 Å². The molecule has 3 aromatic rings. The van der Waals surface area contributed by atoms with E-state index in [0.29, 0.717) is 37.1 Å². The van der Waals surface area contributed by atoms with E-state index in [-0.39, 0.29) is 24.4 Å². The standard InChI is InChI=1S/C24H23NO5S/c26-22-13-18(19-11-16-3-1-4-17(16)12-20(19)30-22)14-29-24(28)15-6-8-25(9-7-15)23(27)21-5-2-10-31-21/h2,5,10-13,15H,1,3-4,6-9,14H2. The van der Waals surface area contributed by atoms with E-state index >= 15 is 0 Å². The number of aryl methyl sites for hydroxylation is 2. The number of carbonyl (C=O) groups excluding carboxylic acids is 2. The number of benzene rings is 1. The van der Waals surface area contributed by atoms with Crippen LogP contribution in [0.4, 0.5) is 0 Å². The largest absolute Gasteiger partial charge is 0.461 e. The number of thiophene rings is 1. The second-order valence-corrected chi connectivity index (χ2v) is 9.16. The summed E-state index contributed by atoms with van der Waals surface area (Å²) >= 11 is 1.43. The molecule has 3 heterocycles. The molecule has 1 amide bonds. The van der Waals surface area contributed by atoms with Crippen molar-refractivity contribution in [3.8, 4) is 0 Å². The number of piperidine rings is 1. The molecule has 1 aromatic carbocycles. The van der Waals surface area contributed by atoms with E-state index in [0.717, 1.165) is 29.5 Å². The number of hydrogen-bond donors (Lipinski definition) is 0. The SMILES string of the molecule is O=C(OCc1cc(=O)oc2cc3c(cc12)CCC3)C1CCN(C(=O)c2cccs2)CC1. The zero-order chi connectivity index (χ0) is 21.4. The van der Waals surface area contributed by atoms with Crippen molar-refractivity contribution in [1.82, 2.24) is 4.90 Å². The highest BCUT2D eigenvalue weighted by Gasteiger charge is 2.29. The summed E-state index contributed by atoms with van der Waals surface area (Å²) in [7, 11) is 0. The molecular weight excluding hydrogens is 414 g/mol. The van der Waals surface area contributed by atoms with Crippen LogP contribution in [-0.4, -0.2) is 29.9 Å². The van der Waals surface area contributed by atoms with Crippen LogP contribution in [-0.2, 0) is 29.0 Å². The molecule has 0 bridgehead atoms. The lowest BCUT2D eigenvalue weighted by atomic mass is 9.97. The molecule has 5 rings (SSSR count). The number of carbonyl (C=O) groups is 2. The minimum atomic E-state index is -0.433. The van der Waals surface area contributed by atoms with Crippen molar-refractivity contribution in [2.75, 3.05) is 13.1 Å². The van der Waals surface area contributed by atoms with Crippen LogP contribution in [0.5, 0.6) is 0 Å². The molecule has 0 atom stereocenters. The Hall–Kier alpha value is -2.93. The third-order valence-corrected chi connectivity index (χ3v) is 7.12. The average Bonchev–Trinajstić information content (AvgIpc) is 3.47. The smallest absolute Gasteiger partial charge is 0.336 e. The molecule has 0 saturated carbocycles. The fourth-order valence-electron chi connectivity index (χ4n) is 4.56. The van der Waals surface area contributed by atoms with Crippen LogP contribution in [0.1, 0.15) is 45.6 Å². The Bertz CT molecular complexity index is 1190. The van der Waals surface area contributed by atoms with E-state index in [9.17, 15) is 14.4 Å². The van der Waals surface area contributed by atoms with Crippen LogP contribution in [0.25, 0.3) is 11.0 Å². The lowest BCUT2D eigenvalue weighted by molar-refractivity contribution is -0.151. The molecule has 0 unspecified atom stereocenters. The topological polar surface area (TPSA) is 76.8 Å². The summed E-state index contributed by atoms with van der Waals surface area (Å²) in [5.41, 5.74) is 3.31. The van der Waals surface area contributed by atoms with Crippen molar-refractivity contribution in [3.63, 3.8) is 0 Å². The van der Waals surface area contributed by atoms with E-state index in [1.807, 2.05) is 23.6 Å². The first kappa shape index (κ1) is 20.0. The Balaban J connectivity index is 1.24. The summed E-state index contributed by atoms with van der Waals surface area (Å²) in [4.78, 5) is 39.7. The fraction of sp³-hybridized carbons (Fsp3) is 0.375. The maximum Gasteiger partial charge on any atom is 0.336 e. The predicted octanol–water partition coefficient (Wildman–Crippen LogP) is 3.94. The van der Waals surface area contributed by atoms with Crippen molar-refractivity contribution in [2.45, 2.75) is 38.7 Å². The highest BCUT2D eigenvalue weighted by atomic mass is 32.1. The van der Waals surface area contributed by atoms with Gasteiger partial charge in [0.25, 0.3) is 5.91 Å². The minimum Gasteiger partial charge on any atom is -0.461 e. The number of esters is 1. The van der Waals surface area contributed by atoms with Gasteiger partial charge in [0, 0.05) is 30.1 Å². The summed E-state index contributed by atoms with van der Waals surface area (Å²) < 4.78 is 11.0. The van der Waals surface area contributed by atoms with E-state index < -0.39 is 5.63 Å². The Kier molecular flexibility index (Phi) is 5.36. The molecule has 0 spiro atoms. The first-order chi connectivity index (χ1) is 15.1. The number of fused-ring (bicyclic) bond motifs is 2. The summed E-state index contributed by atoms with van der Waals surface area (Å²) in [6, 6.07) is 9.12. The van der Waals surface area contributed by atoms with Crippen LogP contribution in [0.2, 0.25) is 0 Å². The highest BCUT2D eigenvalue weighted by Crippen LogP contribution is 2.29. The lowest BCUT2D eigenvalue weighted by Crippen LogP contribution is -2.40. The minimum absolute atomic E-state index is 0.0248. The van der Waals surface area contributed by atoms with Crippen molar-refractivity contribution in [1.29, 1.82) is 0 Å². The van der Waals surface area contributed by atoms with Gasteiger partial charge in [-0.1, -0.05) is 6.07 Å². The fourth-order valence-corrected chi connectivity index (χ4v) is 5.25. The van der Waals surface area contributed by atoms with Gasteiger partial charge in [0.15, 0.2) is 0 Å².